The minimum atomic E-state index is 0.0763. The summed E-state index contributed by atoms with van der Waals surface area (Å²) in [4.78, 5) is 14.7. The van der Waals surface area contributed by atoms with Gasteiger partial charge in [-0.3, -0.25) is 4.79 Å². The second-order valence-corrected chi connectivity index (χ2v) is 6.33. The molecule has 0 bridgehead atoms. The smallest absolute Gasteiger partial charge is 0.258 e. The number of hydrogen-bond donors (Lipinski definition) is 0. The summed E-state index contributed by atoms with van der Waals surface area (Å²) >= 11 is 0. The molecule has 0 spiro atoms. The molecular formula is C21H20N2O. The number of benzene rings is 2. The summed E-state index contributed by atoms with van der Waals surface area (Å²) in [5.41, 5.74) is 6.51. The first-order chi connectivity index (χ1) is 11.6. The number of rotatable bonds is 2. The number of aromatic nitrogens is 1. The van der Waals surface area contributed by atoms with Gasteiger partial charge in [0.15, 0.2) is 0 Å². The molecule has 24 heavy (non-hydrogen) atoms. The van der Waals surface area contributed by atoms with E-state index in [1.165, 1.54) is 17.0 Å². The van der Waals surface area contributed by atoms with Crippen molar-refractivity contribution in [2.75, 3.05) is 11.4 Å². The van der Waals surface area contributed by atoms with E-state index in [2.05, 4.69) is 36.6 Å². The molecule has 3 heteroatoms. The molecule has 2 aromatic carbocycles. The fraction of sp³-hybridized carbons (Fsp3) is 0.190. The molecule has 3 aromatic rings. The number of aryl methyl sites for hydroxylation is 2. The van der Waals surface area contributed by atoms with Crippen LogP contribution in [0.1, 0.15) is 27.3 Å². The number of amides is 1. The molecule has 1 amide bonds. The van der Waals surface area contributed by atoms with Crippen LogP contribution in [-0.2, 0) is 6.42 Å². The van der Waals surface area contributed by atoms with E-state index in [9.17, 15) is 4.79 Å². The number of carbonyl (C=O) groups is 1. The molecule has 1 aliphatic rings. The summed E-state index contributed by atoms with van der Waals surface area (Å²) in [6, 6.07) is 20.3. The molecule has 0 fully saturated rings. The monoisotopic (exact) mass is 316 g/mol. The van der Waals surface area contributed by atoms with Gasteiger partial charge in [-0.25, -0.2) is 0 Å². The maximum Gasteiger partial charge on any atom is 0.258 e. The van der Waals surface area contributed by atoms with Crippen molar-refractivity contribution in [2.45, 2.75) is 20.3 Å². The molecule has 0 atom stereocenters. The van der Waals surface area contributed by atoms with Gasteiger partial charge in [-0.1, -0.05) is 18.2 Å². The average molecular weight is 316 g/mol. The van der Waals surface area contributed by atoms with Crippen LogP contribution in [0.3, 0.4) is 0 Å². The van der Waals surface area contributed by atoms with Gasteiger partial charge in [0.25, 0.3) is 5.91 Å². The maximum absolute atomic E-state index is 12.9. The molecule has 2 heterocycles. The third-order valence-corrected chi connectivity index (χ3v) is 4.78. The lowest BCUT2D eigenvalue weighted by Crippen LogP contribution is -2.28. The van der Waals surface area contributed by atoms with Crippen molar-refractivity contribution in [2.24, 2.45) is 0 Å². The number of nitrogens with zero attached hydrogens (tertiary/aromatic N) is 2. The van der Waals surface area contributed by atoms with Crippen LogP contribution in [0, 0.1) is 13.8 Å². The van der Waals surface area contributed by atoms with Gasteiger partial charge in [-0.05, 0) is 68.3 Å². The van der Waals surface area contributed by atoms with Crippen molar-refractivity contribution < 1.29 is 4.79 Å². The Hall–Kier alpha value is -2.81. The number of carbonyl (C=O) groups excluding carboxylic acids is 1. The van der Waals surface area contributed by atoms with Gasteiger partial charge in [-0.2, -0.15) is 0 Å². The van der Waals surface area contributed by atoms with Crippen molar-refractivity contribution in [3.8, 4) is 5.69 Å². The SMILES string of the molecule is Cc1ccc(C)n1-c1ccc(C(=O)N2CCc3ccccc32)cc1. The lowest BCUT2D eigenvalue weighted by molar-refractivity contribution is 0.0989. The predicted octanol–water partition coefficient (Wildman–Crippen LogP) is 4.30. The minimum absolute atomic E-state index is 0.0763. The van der Waals surface area contributed by atoms with Crippen molar-refractivity contribution in [1.29, 1.82) is 0 Å². The molecule has 0 saturated carbocycles. The minimum Gasteiger partial charge on any atom is -0.319 e. The molecule has 0 radical (unpaired) electrons. The molecule has 0 N–H and O–H groups in total. The predicted molar refractivity (Wildman–Crippen MR) is 97.1 cm³/mol. The number of anilines is 1. The van der Waals surface area contributed by atoms with Gasteiger partial charge < -0.3 is 9.47 Å². The first-order valence-electron chi connectivity index (χ1n) is 8.30. The summed E-state index contributed by atoms with van der Waals surface area (Å²) < 4.78 is 2.19. The summed E-state index contributed by atoms with van der Waals surface area (Å²) in [6.45, 7) is 4.94. The summed E-state index contributed by atoms with van der Waals surface area (Å²) in [5, 5.41) is 0. The Morgan fingerprint density at radius 1 is 0.875 bits per heavy atom. The Labute approximate surface area is 142 Å². The molecule has 0 saturated heterocycles. The zero-order chi connectivity index (χ0) is 16.7. The normalized spacial score (nSPS) is 13.2. The van der Waals surface area contributed by atoms with Crippen LogP contribution in [0.4, 0.5) is 5.69 Å². The lowest BCUT2D eigenvalue weighted by atomic mass is 10.1. The van der Waals surface area contributed by atoms with Gasteiger partial charge >= 0.3 is 0 Å². The molecule has 0 aliphatic carbocycles. The van der Waals surface area contributed by atoms with Crippen LogP contribution in [0.2, 0.25) is 0 Å². The molecule has 4 rings (SSSR count). The van der Waals surface area contributed by atoms with Crippen molar-refractivity contribution in [1.82, 2.24) is 4.57 Å². The largest absolute Gasteiger partial charge is 0.319 e. The van der Waals surface area contributed by atoms with E-state index >= 15 is 0 Å². The van der Waals surface area contributed by atoms with E-state index in [1.807, 2.05) is 47.4 Å². The molecule has 0 unspecified atom stereocenters. The molecule has 1 aliphatic heterocycles. The Morgan fingerprint density at radius 2 is 1.54 bits per heavy atom. The molecule has 1 aromatic heterocycles. The van der Waals surface area contributed by atoms with E-state index in [4.69, 9.17) is 0 Å². The Bertz CT molecular complexity index is 886. The highest BCUT2D eigenvalue weighted by Crippen LogP contribution is 2.29. The third kappa shape index (κ3) is 2.33. The fourth-order valence-corrected chi connectivity index (χ4v) is 3.53. The zero-order valence-electron chi connectivity index (χ0n) is 14.0. The second-order valence-electron chi connectivity index (χ2n) is 6.33. The van der Waals surface area contributed by atoms with Crippen molar-refractivity contribution in [3.63, 3.8) is 0 Å². The van der Waals surface area contributed by atoms with Gasteiger partial charge in [0.2, 0.25) is 0 Å². The summed E-state index contributed by atoms with van der Waals surface area (Å²) in [6.07, 6.45) is 0.932. The van der Waals surface area contributed by atoms with E-state index in [0.29, 0.717) is 0 Å². The number of hydrogen-bond acceptors (Lipinski definition) is 1. The standard InChI is InChI=1S/C21H20N2O/c1-15-7-8-16(2)23(15)19-11-9-18(10-12-19)21(24)22-14-13-17-5-3-4-6-20(17)22/h3-12H,13-14H2,1-2H3. The second kappa shape index (κ2) is 5.68. The van der Waals surface area contributed by atoms with Gasteiger partial charge in [-0.15, -0.1) is 0 Å². The topological polar surface area (TPSA) is 25.2 Å². The zero-order valence-corrected chi connectivity index (χ0v) is 14.0. The Balaban J connectivity index is 1.63. The Kier molecular flexibility index (Phi) is 3.49. The van der Waals surface area contributed by atoms with E-state index in [1.54, 1.807) is 0 Å². The maximum atomic E-state index is 12.9. The lowest BCUT2D eigenvalue weighted by Gasteiger charge is -2.18. The first kappa shape index (κ1) is 14.8. The quantitative estimate of drug-likeness (QED) is 0.692. The van der Waals surface area contributed by atoms with E-state index in [0.717, 1.165) is 29.9 Å². The van der Waals surface area contributed by atoms with Crippen molar-refractivity contribution in [3.05, 3.63) is 83.2 Å². The van der Waals surface area contributed by atoms with Crippen LogP contribution in [-0.4, -0.2) is 17.0 Å². The van der Waals surface area contributed by atoms with Crippen LogP contribution >= 0.6 is 0 Å². The Morgan fingerprint density at radius 3 is 2.25 bits per heavy atom. The summed E-state index contributed by atoms with van der Waals surface area (Å²) in [7, 11) is 0. The van der Waals surface area contributed by atoms with Gasteiger partial charge in [0.1, 0.15) is 0 Å². The summed E-state index contributed by atoms with van der Waals surface area (Å²) in [5.74, 6) is 0.0763. The van der Waals surface area contributed by atoms with Crippen LogP contribution in [0.5, 0.6) is 0 Å². The van der Waals surface area contributed by atoms with Crippen molar-refractivity contribution >= 4 is 11.6 Å². The highest BCUT2D eigenvalue weighted by molar-refractivity contribution is 6.07. The molecule has 3 nitrogen and oxygen atoms in total. The number of para-hydroxylation sites is 1. The van der Waals surface area contributed by atoms with E-state index in [-0.39, 0.29) is 5.91 Å². The van der Waals surface area contributed by atoms with Gasteiger partial charge in [0.05, 0.1) is 0 Å². The van der Waals surface area contributed by atoms with Crippen LogP contribution in [0.25, 0.3) is 5.69 Å². The van der Waals surface area contributed by atoms with Gasteiger partial charge in [0, 0.05) is 34.9 Å². The first-order valence-corrected chi connectivity index (χ1v) is 8.30. The van der Waals surface area contributed by atoms with E-state index < -0.39 is 0 Å². The van der Waals surface area contributed by atoms with Crippen LogP contribution in [0.15, 0.2) is 60.7 Å². The fourth-order valence-electron chi connectivity index (χ4n) is 3.53. The molecular weight excluding hydrogens is 296 g/mol. The van der Waals surface area contributed by atoms with Crippen LogP contribution < -0.4 is 4.90 Å². The highest BCUT2D eigenvalue weighted by Gasteiger charge is 2.25. The molecule has 120 valence electrons. The highest BCUT2D eigenvalue weighted by atomic mass is 16.2. The average Bonchev–Trinajstić information content (AvgIpc) is 3.18. The number of fused-ring (bicyclic) bond motifs is 1. The third-order valence-electron chi connectivity index (χ3n) is 4.78.